The number of rotatable bonds is 20. The third-order valence-corrected chi connectivity index (χ3v) is 10.1. The summed E-state index contributed by atoms with van der Waals surface area (Å²) in [6, 6.07) is 8.62. The Hall–Kier alpha value is -3.06. The summed E-state index contributed by atoms with van der Waals surface area (Å²) in [7, 11) is 8.54. The minimum atomic E-state index is -0.580. The lowest BCUT2D eigenvalue weighted by molar-refractivity contribution is -0.146. The van der Waals surface area contributed by atoms with E-state index in [0.717, 1.165) is 18.4 Å². The van der Waals surface area contributed by atoms with Crippen LogP contribution in [0.4, 0.5) is 0 Å². The Bertz CT molecular complexity index is 1190. The fraction of sp³-hybridized carbons (Fsp3) is 0.762. The first-order valence-corrected chi connectivity index (χ1v) is 20.2. The van der Waals surface area contributed by atoms with Gasteiger partial charge in [0, 0.05) is 40.4 Å². The van der Waals surface area contributed by atoms with Gasteiger partial charge in [-0.2, -0.15) is 0 Å². The Morgan fingerprint density at radius 3 is 2.02 bits per heavy atom. The van der Waals surface area contributed by atoms with E-state index in [4.69, 9.17) is 15.2 Å². The van der Waals surface area contributed by atoms with Crippen LogP contribution in [0, 0.1) is 17.8 Å². The summed E-state index contributed by atoms with van der Waals surface area (Å²) in [5.74, 6) is -1.17. The van der Waals surface area contributed by atoms with Crippen molar-refractivity contribution in [3.8, 4) is 0 Å². The number of hydrogen-bond donors (Lipinski definition) is 3. The van der Waals surface area contributed by atoms with E-state index in [9.17, 15) is 19.2 Å². The summed E-state index contributed by atoms with van der Waals surface area (Å²) in [6.45, 7) is 18.8. The lowest BCUT2D eigenvalue weighted by Gasteiger charge is -2.39. The van der Waals surface area contributed by atoms with Gasteiger partial charge in [-0.25, -0.2) is 0 Å². The molecule has 0 spiro atoms. The van der Waals surface area contributed by atoms with Crippen molar-refractivity contribution in [1.29, 1.82) is 0 Å². The zero-order valence-corrected chi connectivity index (χ0v) is 36.3. The van der Waals surface area contributed by atoms with Crippen molar-refractivity contribution in [1.82, 2.24) is 25.3 Å². The molecule has 8 atom stereocenters. The average Bonchev–Trinajstić information content (AvgIpc) is 3.64. The zero-order valence-electron chi connectivity index (χ0n) is 36.3. The highest BCUT2D eigenvalue weighted by molar-refractivity contribution is 5.87. The normalized spacial score (nSPS) is 17.8. The molecule has 8 unspecified atom stereocenters. The molecule has 2 rings (SSSR count). The predicted molar refractivity (Wildman–Crippen MR) is 220 cm³/mol. The SMILES string of the molecule is CC.CCC.CCC(C)C(C(CC(=O)N1CCCC1C(OC)C(C)C(=O)NC(CN)Cc1ccccc1)OC)N(C)C(=O)CNC(=O)C(C(C)C)N(C)C. The molecular formula is C42H78N6O6. The van der Waals surface area contributed by atoms with Crippen molar-refractivity contribution in [2.24, 2.45) is 23.5 Å². The first kappa shape index (κ1) is 50.9. The van der Waals surface area contributed by atoms with E-state index in [-0.39, 0.29) is 66.6 Å². The van der Waals surface area contributed by atoms with Crippen LogP contribution >= 0.6 is 0 Å². The summed E-state index contributed by atoms with van der Waals surface area (Å²) < 4.78 is 11.9. The number of amides is 4. The number of nitrogens with zero attached hydrogens (tertiary/aromatic N) is 3. The molecule has 1 saturated heterocycles. The molecule has 1 aromatic rings. The molecule has 54 heavy (non-hydrogen) atoms. The monoisotopic (exact) mass is 763 g/mol. The van der Waals surface area contributed by atoms with Crippen molar-refractivity contribution in [3.63, 3.8) is 0 Å². The van der Waals surface area contributed by atoms with E-state index >= 15 is 0 Å². The second-order valence-corrected chi connectivity index (χ2v) is 14.9. The Labute approximate surface area is 328 Å². The predicted octanol–water partition coefficient (Wildman–Crippen LogP) is 4.74. The minimum absolute atomic E-state index is 0.0174. The zero-order chi connectivity index (χ0) is 41.5. The van der Waals surface area contributed by atoms with E-state index in [1.165, 1.54) is 6.42 Å². The lowest BCUT2D eigenvalue weighted by atomic mass is 9.90. The fourth-order valence-electron chi connectivity index (χ4n) is 7.28. The molecular weight excluding hydrogens is 684 g/mol. The molecule has 1 aliphatic rings. The topological polar surface area (TPSA) is 147 Å². The van der Waals surface area contributed by atoms with Crippen LogP contribution in [0.1, 0.15) is 100.0 Å². The molecule has 312 valence electrons. The van der Waals surface area contributed by atoms with Crippen LogP contribution in [0.15, 0.2) is 30.3 Å². The summed E-state index contributed by atoms with van der Waals surface area (Å²) in [5.41, 5.74) is 7.11. The molecule has 4 N–H and O–H groups in total. The minimum Gasteiger partial charge on any atom is -0.379 e. The number of nitrogens with two attached hydrogens (primary N) is 1. The van der Waals surface area contributed by atoms with Crippen LogP contribution in [0.5, 0.6) is 0 Å². The highest BCUT2D eigenvalue weighted by Crippen LogP contribution is 2.29. The van der Waals surface area contributed by atoms with Crippen LogP contribution in [-0.2, 0) is 35.1 Å². The number of methoxy groups -OCH3 is 2. The van der Waals surface area contributed by atoms with Gasteiger partial charge in [0.05, 0.1) is 49.2 Å². The van der Waals surface area contributed by atoms with Crippen LogP contribution in [0.3, 0.4) is 0 Å². The van der Waals surface area contributed by atoms with Crippen LogP contribution in [-0.4, -0.2) is 130 Å². The maximum absolute atomic E-state index is 14.0. The van der Waals surface area contributed by atoms with Gasteiger partial charge in [0.25, 0.3) is 0 Å². The second-order valence-electron chi connectivity index (χ2n) is 14.9. The maximum Gasteiger partial charge on any atom is 0.242 e. The van der Waals surface area contributed by atoms with E-state index < -0.39 is 24.2 Å². The van der Waals surface area contributed by atoms with Crippen LogP contribution in [0.2, 0.25) is 0 Å². The van der Waals surface area contributed by atoms with Crippen molar-refractivity contribution in [2.75, 3.05) is 55.0 Å². The molecule has 0 saturated carbocycles. The summed E-state index contributed by atoms with van der Waals surface area (Å²) in [6.07, 6.45) is 3.10. The van der Waals surface area contributed by atoms with Gasteiger partial charge in [-0.05, 0) is 50.8 Å². The molecule has 12 nitrogen and oxygen atoms in total. The molecule has 1 heterocycles. The Morgan fingerprint density at radius 1 is 0.944 bits per heavy atom. The number of ether oxygens (including phenoxy) is 2. The molecule has 12 heteroatoms. The molecule has 0 bridgehead atoms. The molecule has 4 amide bonds. The largest absolute Gasteiger partial charge is 0.379 e. The Balaban J connectivity index is 0.00000533. The molecule has 1 fully saturated rings. The number of benzene rings is 1. The van der Waals surface area contributed by atoms with Gasteiger partial charge >= 0.3 is 0 Å². The molecule has 1 aliphatic heterocycles. The summed E-state index contributed by atoms with van der Waals surface area (Å²) >= 11 is 0. The number of likely N-dealkylation sites (tertiary alicyclic amines) is 1. The number of likely N-dealkylation sites (N-methyl/N-ethyl adjacent to an activating group) is 2. The second kappa shape index (κ2) is 27.5. The number of nitrogens with one attached hydrogen (secondary N) is 2. The van der Waals surface area contributed by atoms with E-state index in [0.29, 0.717) is 25.9 Å². The molecule has 0 radical (unpaired) electrons. The number of carbonyl (C=O) groups is 4. The summed E-state index contributed by atoms with van der Waals surface area (Å²) in [4.78, 5) is 59.1. The van der Waals surface area contributed by atoms with Gasteiger partial charge in [-0.1, -0.05) is 105 Å². The smallest absolute Gasteiger partial charge is 0.242 e. The summed E-state index contributed by atoms with van der Waals surface area (Å²) in [5, 5.41) is 5.91. The fourth-order valence-corrected chi connectivity index (χ4v) is 7.28. The highest BCUT2D eigenvalue weighted by Gasteiger charge is 2.42. The van der Waals surface area contributed by atoms with Crippen molar-refractivity contribution < 1.29 is 28.7 Å². The quantitative estimate of drug-likeness (QED) is 0.173. The molecule has 0 aliphatic carbocycles. The van der Waals surface area contributed by atoms with Crippen molar-refractivity contribution >= 4 is 23.6 Å². The van der Waals surface area contributed by atoms with E-state index in [1.807, 2.05) is 103 Å². The Kier molecular flexibility index (Phi) is 26.0. The van der Waals surface area contributed by atoms with Crippen LogP contribution < -0.4 is 16.4 Å². The maximum atomic E-state index is 14.0. The van der Waals surface area contributed by atoms with Crippen LogP contribution in [0.25, 0.3) is 0 Å². The van der Waals surface area contributed by atoms with Gasteiger partial charge in [-0.3, -0.25) is 24.1 Å². The average molecular weight is 763 g/mol. The third kappa shape index (κ3) is 16.0. The van der Waals surface area contributed by atoms with E-state index in [2.05, 4.69) is 24.5 Å². The van der Waals surface area contributed by atoms with E-state index in [1.54, 1.807) is 26.2 Å². The van der Waals surface area contributed by atoms with Gasteiger partial charge < -0.3 is 35.6 Å². The number of hydrogen-bond acceptors (Lipinski definition) is 8. The molecule has 0 aromatic heterocycles. The lowest BCUT2D eigenvalue weighted by Crippen LogP contribution is -2.55. The third-order valence-electron chi connectivity index (χ3n) is 10.1. The standard InChI is InChI=1S/C37H64N6O6.C3H8.C2H6/c1-11-25(4)34(42(8)32(45)23-39-37(47)33(24(2)3)41(6)7)30(48-9)21-31(44)43-19-15-18-29(43)35(49-10)26(5)36(46)40-28(22-38)20-27-16-13-12-14-17-27;1-3-2;1-2/h12-14,16-17,24-26,28-30,33-35H,11,15,18-23,38H2,1-10H3,(H,39,47)(H,40,46);3H2,1-2H3;1-2H3. The first-order valence-electron chi connectivity index (χ1n) is 20.2. The highest BCUT2D eigenvalue weighted by atomic mass is 16.5. The molecule has 1 aromatic carbocycles. The van der Waals surface area contributed by atoms with Gasteiger partial charge in [0.15, 0.2) is 0 Å². The number of carbonyl (C=O) groups excluding carboxylic acids is 4. The first-order chi connectivity index (χ1) is 25.6. The van der Waals surface area contributed by atoms with Gasteiger partial charge in [0.2, 0.25) is 23.6 Å². The van der Waals surface area contributed by atoms with Crippen molar-refractivity contribution in [3.05, 3.63) is 35.9 Å². The Morgan fingerprint density at radius 2 is 1.54 bits per heavy atom. The van der Waals surface area contributed by atoms with Crippen molar-refractivity contribution in [2.45, 2.75) is 137 Å². The van der Waals surface area contributed by atoms with Gasteiger partial charge in [0.1, 0.15) is 0 Å². The van der Waals surface area contributed by atoms with Gasteiger partial charge in [-0.15, -0.1) is 0 Å².